The van der Waals surface area contributed by atoms with Crippen molar-refractivity contribution in [3.05, 3.63) is 71.3 Å². The summed E-state index contributed by atoms with van der Waals surface area (Å²) < 4.78 is 5.76. The molecule has 3 heteroatoms. The lowest BCUT2D eigenvalue weighted by Gasteiger charge is -2.46. The summed E-state index contributed by atoms with van der Waals surface area (Å²) in [6.45, 7) is 10.8. The Morgan fingerprint density at radius 2 is 2.18 bits per heavy atom. The molecule has 1 aliphatic carbocycles. The second kappa shape index (κ2) is 7.28. The minimum Gasteiger partial charge on any atom is -0.376 e. The quantitative estimate of drug-likeness (QED) is 0.750. The van der Waals surface area contributed by atoms with Crippen LogP contribution in [-0.4, -0.2) is 13.2 Å². The Bertz CT molecular complexity index is 585. The van der Waals surface area contributed by atoms with Gasteiger partial charge in [0.25, 0.3) is 0 Å². The molecule has 0 saturated heterocycles. The fraction of sp³-hybridized carbons (Fsp3) is 0.368. The molecule has 1 aromatic rings. The predicted molar refractivity (Wildman–Crippen MR) is 94.1 cm³/mol. The maximum absolute atomic E-state index is 6.53. The van der Waals surface area contributed by atoms with Crippen LogP contribution in [-0.2, 0) is 10.3 Å². The highest BCUT2D eigenvalue weighted by Crippen LogP contribution is 2.45. The summed E-state index contributed by atoms with van der Waals surface area (Å²) in [4.78, 5) is 0. The van der Waals surface area contributed by atoms with Crippen molar-refractivity contribution >= 4 is 11.6 Å². The third-order valence-corrected chi connectivity index (χ3v) is 4.74. The molecule has 0 bridgehead atoms. The highest BCUT2D eigenvalue weighted by molar-refractivity contribution is 6.31. The molecule has 1 aromatic carbocycles. The van der Waals surface area contributed by atoms with Crippen LogP contribution in [0.4, 0.5) is 0 Å². The first-order chi connectivity index (χ1) is 10.5. The number of nitrogens with two attached hydrogens (primary N) is 1. The zero-order valence-corrected chi connectivity index (χ0v) is 13.9. The number of benzene rings is 1. The van der Waals surface area contributed by atoms with Crippen LogP contribution >= 0.6 is 11.6 Å². The third kappa shape index (κ3) is 3.70. The van der Waals surface area contributed by atoms with E-state index in [1.165, 1.54) is 0 Å². The topological polar surface area (TPSA) is 35.2 Å². The SMILES string of the molecule is C=C/C=C(\C=C)COCC1CC(N)(c2cccc(Cl)c2C)C1. The smallest absolute Gasteiger partial charge is 0.0716 e. The van der Waals surface area contributed by atoms with E-state index >= 15 is 0 Å². The van der Waals surface area contributed by atoms with Gasteiger partial charge in [0, 0.05) is 17.2 Å². The average Bonchev–Trinajstić information content (AvgIpc) is 2.47. The average molecular weight is 318 g/mol. The van der Waals surface area contributed by atoms with E-state index in [1.807, 2.05) is 25.1 Å². The van der Waals surface area contributed by atoms with E-state index in [0.29, 0.717) is 12.5 Å². The molecule has 0 aliphatic heterocycles. The molecule has 1 saturated carbocycles. The normalized spacial score (nSPS) is 24.7. The Kier molecular flexibility index (Phi) is 5.63. The Morgan fingerprint density at radius 1 is 1.45 bits per heavy atom. The van der Waals surface area contributed by atoms with Crippen molar-refractivity contribution < 1.29 is 4.74 Å². The molecule has 1 aliphatic rings. The van der Waals surface area contributed by atoms with Gasteiger partial charge in [-0.05, 0) is 48.4 Å². The Labute approximate surface area is 138 Å². The van der Waals surface area contributed by atoms with Crippen LogP contribution < -0.4 is 5.73 Å². The molecule has 22 heavy (non-hydrogen) atoms. The van der Waals surface area contributed by atoms with Gasteiger partial charge in [-0.15, -0.1) is 0 Å². The maximum Gasteiger partial charge on any atom is 0.0716 e. The Balaban J connectivity index is 1.86. The first-order valence-electron chi connectivity index (χ1n) is 7.56. The predicted octanol–water partition coefficient (Wildman–Crippen LogP) is 4.53. The van der Waals surface area contributed by atoms with Crippen molar-refractivity contribution in [3.63, 3.8) is 0 Å². The van der Waals surface area contributed by atoms with Crippen molar-refractivity contribution in [2.24, 2.45) is 11.7 Å². The molecular formula is C19H24ClNO. The standard InChI is InChI=1S/C19H24ClNO/c1-4-7-15(5-2)12-22-13-16-10-19(21,11-16)17-8-6-9-18(20)14(17)3/h4-9,16H,1-2,10-13,21H2,3H3/b15-7+. The lowest BCUT2D eigenvalue weighted by atomic mass is 9.65. The molecule has 2 nitrogen and oxygen atoms in total. The minimum absolute atomic E-state index is 0.263. The van der Waals surface area contributed by atoms with Gasteiger partial charge in [-0.2, -0.15) is 0 Å². The summed E-state index contributed by atoms with van der Waals surface area (Å²) in [6.07, 6.45) is 7.32. The molecule has 0 heterocycles. The summed E-state index contributed by atoms with van der Waals surface area (Å²) in [5, 5.41) is 0.784. The van der Waals surface area contributed by atoms with E-state index in [9.17, 15) is 0 Å². The maximum atomic E-state index is 6.53. The molecule has 0 spiro atoms. The zero-order valence-electron chi connectivity index (χ0n) is 13.1. The van der Waals surface area contributed by atoms with Gasteiger partial charge in [0.05, 0.1) is 6.61 Å². The molecular weight excluding hydrogens is 294 g/mol. The molecule has 2 rings (SSSR count). The number of hydrogen-bond donors (Lipinski definition) is 1. The van der Waals surface area contributed by atoms with E-state index in [0.717, 1.165) is 41.2 Å². The van der Waals surface area contributed by atoms with Gasteiger partial charge in [-0.25, -0.2) is 0 Å². The van der Waals surface area contributed by atoms with Crippen LogP contribution in [0.1, 0.15) is 24.0 Å². The van der Waals surface area contributed by atoms with E-state index in [4.69, 9.17) is 22.1 Å². The summed E-state index contributed by atoms with van der Waals surface area (Å²) in [5.74, 6) is 0.498. The van der Waals surface area contributed by atoms with Crippen LogP contribution in [0.15, 0.2) is 55.2 Å². The summed E-state index contributed by atoms with van der Waals surface area (Å²) in [7, 11) is 0. The molecule has 0 aromatic heterocycles. The number of rotatable bonds is 7. The lowest BCUT2D eigenvalue weighted by molar-refractivity contribution is 0.0384. The van der Waals surface area contributed by atoms with Crippen LogP contribution in [0.3, 0.4) is 0 Å². The zero-order chi connectivity index (χ0) is 16.2. The molecule has 0 radical (unpaired) electrons. The molecule has 0 unspecified atom stereocenters. The van der Waals surface area contributed by atoms with Gasteiger partial charge in [-0.3, -0.25) is 0 Å². The molecule has 118 valence electrons. The van der Waals surface area contributed by atoms with Gasteiger partial charge in [0.15, 0.2) is 0 Å². The Morgan fingerprint density at radius 3 is 2.82 bits per heavy atom. The second-order valence-corrected chi connectivity index (χ2v) is 6.45. The van der Waals surface area contributed by atoms with Crippen molar-refractivity contribution in [2.75, 3.05) is 13.2 Å². The summed E-state index contributed by atoms with van der Waals surface area (Å²) >= 11 is 6.20. The van der Waals surface area contributed by atoms with Crippen LogP contribution in [0, 0.1) is 12.8 Å². The van der Waals surface area contributed by atoms with Gasteiger partial charge in [-0.1, -0.05) is 55.1 Å². The first-order valence-corrected chi connectivity index (χ1v) is 7.94. The third-order valence-electron chi connectivity index (χ3n) is 4.33. The van der Waals surface area contributed by atoms with E-state index in [2.05, 4.69) is 19.2 Å². The highest BCUT2D eigenvalue weighted by Gasteiger charge is 2.43. The fourth-order valence-electron chi connectivity index (χ4n) is 3.12. The van der Waals surface area contributed by atoms with E-state index in [1.54, 1.807) is 12.2 Å². The van der Waals surface area contributed by atoms with Crippen LogP contribution in [0.2, 0.25) is 5.02 Å². The van der Waals surface area contributed by atoms with Crippen molar-refractivity contribution in [2.45, 2.75) is 25.3 Å². The largest absolute Gasteiger partial charge is 0.376 e. The van der Waals surface area contributed by atoms with Crippen LogP contribution in [0.5, 0.6) is 0 Å². The number of ether oxygens (including phenoxy) is 1. The van der Waals surface area contributed by atoms with Gasteiger partial charge in [0.1, 0.15) is 0 Å². The minimum atomic E-state index is -0.263. The van der Waals surface area contributed by atoms with Crippen molar-refractivity contribution in [1.82, 2.24) is 0 Å². The monoisotopic (exact) mass is 317 g/mol. The number of halogens is 1. The lowest BCUT2D eigenvalue weighted by Crippen LogP contribution is -2.50. The molecule has 1 fully saturated rings. The van der Waals surface area contributed by atoms with E-state index < -0.39 is 0 Å². The van der Waals surface area contributed by atoms with Crippen molar-refractivity contribution in [3.8, 4) is 0 Å². The fourth-order valence-corrected chi connectivity index (χ4v) is 3.30. The highest BCUT2D eigenvalue weighted by atomic mass is 35.5. The van der Waals surface area contributed by atoms with Gasteiger partial charge < -0.3 is 10.5 Å². The number of allylic oxidation sites excluding steroid dienone is 2. The number of hydrogen-bond acceptors (Lipinski definition) is 2. The summed E-state index contributed by atoms with van der Waals surface area (Å²) in [6, 6.07) is 5.96. The van der Waals surface area contributed by atoms with Crippen molar-refractivity contribution in [1.29, 1.82) is 0 Å². The summed E-state index contributed by atoms with van der Waals surface area (Å²) in [5.41, 5.74) is 9.57. The first kappa shape index (κ1) is 17.0. The molecule has 2 N–H and O–H groups in total. The molecule has 0 amide bonds. The van der Waals surface area contributed by atoms with Gasteiger partial charge in [0.2, 0.25) is 0 Å². The Hall–Kier alpha value is -1.35. The van der Waals surface area contributed by atoms with E-state index in [-0.39, 0.29) is 5.54 Å². The van der Waals surface area contributed by atoms with Gasteiger partial charge >= 0.3 is 0 Å². The second-order valence-electron chi connectivity index (χ2n) is 6.04. The van der Waals surface area contributed by atoms with Crippen LogP contribution in [0.25, 0.3) is 0 Å². The molecule has 0 atom stereocenters.